The molecule has 1 unspecified atom stereocenters. The molecule has 1 aromatic heterocycles. The minimum absolute atomic E-state index is 0.0982. The lowest BCUT2D eigenvalue weighted by molar-refractivity contribution is -0.127. The van der Waals surface area contributed by atoms with E-state index in [-0.39, 0.29) is 18.0 Å². The Bertz CT molecular complexity index is 698. The number of benzene rings is 1. The van der Waals surface area contributed by atoms with Gasteiger partial charge in [-0.2, -0.15) is 11.8 Å². The molecule has 1 aliphatic heterocycles. The fourth-order valence-corrected chi connectivity index (χ4v) is 3.26. The highest BCUT2D eigenvalue weighted by Gasteiger charge is 2.37. The lowest BCUT2D eigenvalue weighted by Crippen LogP contribution is -2.33. The second-order valence-corrected chi connectivity index (χ2v) is 6.37. The van der Waals surface area contributed by atoms with Gasteiger partial charge in [-0.1, -0.05) is 18.2 Å². The molecule has 1 aromatic carbocycles. The van der Waals surface area contributed by atoms with Crippen LogP contribution < -0.4 is 5.32 Å². The first-order valence-corrected chi connectivity index (χ1v) is 8.76. The molecule has 0 aliphatic carbocycles. The van der Waals surface area contributed by atoms with E-state index in [4.69, 9.17) is 0 Å². The van der Waals surface area contributed by atoms with Gasteiger partial charge in [0.25, 0.3) is 5.91 Å². The monoisotopic (exact) mass is 317 g/mol. The van der Waals surface area contributed by atoms with Crippen LogP contribution in [0.4, 0.5) is 4.79 Å². The summed E-state index contributed by atoms with van der Waals surface area (Å²) in [5.41, 5.74) is 2.20. The summed E-state index contributed by atoms with van der Waals surface area (Å²) in [6, 6.07) is 7.42. The van der Waals surface area contributed by atoms with Crippen molar-refractivity contribution >= 4 is 34.6 Å². The molecule has 1 saturated heterocycles. The molecule has 0 bridgehead atoms. The number of carbonyl (C=O) groups excluding carboxylic acids is 2. The molecule has 116 valence electrons. The van der Waals surface area contributed by atoms with E-state index in [9.17, 15) is 9.59 Å². The number of thioether (sulfide) groups is 1. The van der Waals surface area contributed by atoms with Crippen molar-refractivity contribution in [3.05, 3.63) is 36.0 Å². The highest BCUT2D eigenvalue weighted by atomic mass is 32.2. The molecule has 22 heavy (non-hydrogen) atoms. The molecule has 0 spiro atoms. The SMILES string of the molecule is CSCCC1NC(=O)N(CCc2c[nH]c3ccccc23)C1=O. The fraction of sp³-hybridized carbons (Fsp3) is 0.375. The maximum atomic E-state index is 12.3. The Morgan fingerprint density at radius 3 is 2.91 bits per heavy atom. The Morgan fingerprint density at radius 2 is 2.09 bits per heavy atom. The van der Waals surface area contributed by atoms with Gasteiger partial charge in [-0.3, -0.25) is 9.69 Å². The summed E-state index contributed by atoms with van der Waals surface area (Å²) in [4.78, 5) is 28.8. The lowest BCUT2D eigenvalue weighted by atomic mass is 10.1. The minimum Gasteiger partial charge on any atom is -0.361 e. The van der Waals surface area contributed by atoms with Gasteiger partial charge in [-0.05, 0) is 36.5 Å². The number of hydrogen-bond donors (Lipinski definition) is 2. The van der Waals surface area contributed by atoms with Crippen LogP contribution in [0.1, 0.15) is 12.0 Å². The third-order valence-electron chi connectivity index (χ3n) is 4.00. The van der Waals surface area contributed by atoms with Crippen LogP contribution in [0.15, 0.2) is 30.5 Å². The molecule has 6 heteroatoms. The van der Waals surface area contributed by atoms with Crippen molar-refractivity contribution in [1.82, 2.24) is 15.2 Å². The number of H-pyrrole nitrogens is 1. The Balaban J connectivity index is 1.66. The Labute approximate surface area is 133 Å². The van der Waals surface area contributed by atoms with Crippen LogP contribution in [0.25, 0.3) is 10.9 Å². The van der Waals surface area contributed by atoms with Gasteiger partial charge in [0.1, 0.15) is 6.04 Å². The third-order valence-corrected chi connectivity index (χ3v) is 4.64. The van der Waals surface area contributed by atoms with Gasteiger partial charge in [0, 0.05) is 23.6 Å². The predicted octanol–water partition coefficient (Wildman–Crippen LogP) is 2.38. The van der Waals surface area contributed by atoms with Crippen molar-refractivity contribution in [3.63, 3.8) is 0 Å². The molecular weight excluding hydrogens is 298 g/mol. The number of nitrogens with zero attached hydrogens (tertiary/aromatic N) is 1. The highest BCUT2D eigenvalue weighted by molar-refractivity contribution is 7.98. The van der Waals surface area contributed by atoms with Crippen LogP contribution in [0.5, 0.6) is 0 Å². The van der Waals surface area contributed by atoms with Gasteiger partial charge >= 0.3 is 6.03 Å². The van der Waals surface area contributed by atoms with Crippen molar-refractivity contribution in [2.24, 2.45) is 0 Å². The zero-order valence-electron chi connectivity index (χ0n) is 12.5. The van der Waals surface area contributed by atoms with Crippen LogP contribution >= 0.6 is 11.8 Å². The topological polar surface area (TPSA) is 65.2 Å². The molecule has 2 aromatic rings. The van der Waals surface area contributed by atoms with Gasteiger partial charge in [0.15, 0.2) is 0 Å². The van der Waals surface area contributed by atoms with Gasteiger partial charge in [-0.25, -0.2) is 4.79 Å². The van der Waals surface area contributed by atoms with E-state index < -0.39 is 0 Å². The Hall–Kier alpha value is -1.95. The van der Waals surface area contributed by atoms with Crippen molar-refractivity contribution in [1.29, 1.82) is 0 Å². The zero-order chi connectivity index (χ0) is 15.5. The zero-order valence-corrected chi connectivity index (χ0v) is 13.3. The number of amides is 3. The summed E-state index contributed by atoms with van der Waals surface area (Å²) in [6.45, 7) is 0.419. The molecule has 0 radical (unpaired) electrons. The third kappa shape index (κ3) is 2.83. The summed E-state index contributed by atoms with van der Waals surface area (Å²) in [5, 5.41) is 3.92. The van der Waals surface area contributed by atoms with E-state index in [2.05, 4.69) is 10.3 Å². The number of fused-ring (bicyclic) bond motifs is 1. The van der Waals surface area contributed by atoms with E-state index >= 15 is 0 Å². The molecule has 5 nitrogen and oxygen atoms in total. The van der Waals surface area contributed by atoms with E-state index in [1.807, 2.05) is 36.7 Å². The molecule has 2 heterocycles. The van der Waals surface area contributed by atoms with Gasteiger partial charge in [-0.15, -0.1) is 0 Å². The average Bonchev–Trinajstić information content (AvgIpc) is 3.05. The van der Waals surface area contributed by atoms with E-state index in [0.29, 0.717) is 19.4 Å². The van der Waals surface area contributed by atoms with Gasteiger partial charge in [0.05, 0.1) is 0 Å². The molecule has 1 aliphatic rings. The van der Waals surface area contributed by atoms with Crippen LogP contribution in [0, 0.1) is 0 Å². The summed E-state index contributed by atoms with van der Waals surface area (Å²) >= 11 is 1.68. The number of nitrogens with one attached hydrogen (secondary N) is 2. The van der Waals surface area contributed by atoms with Crippen molar-refractivity contribution in [2.45, 2.75) is 18.9 Å². The molecule has 1 fully saturated rings. The maximum absolute atomic E-state index is 12.3. The number of carbonyl (C=O) groups is 2. The number of aromatic amines is 1. The van der Waals surface area contributed by atoms with Crippen LogP contribution in [-0.4, -0.2) is 46.4 Å². The highest BCUT2D eigenvalue weighted by Crippen LogP contribution is 2.19. The maximum Gasteiger partial charge on any atom is 0.324 e. The normalized spacial score (nSPS) is 18.2. The molecule has 2 N–H and O–H groups in total. The summed E-state index contributed by atoms with van der Waals surface area (Å²) < 4.78 is 0. The number of aromatic nitrogens is 1. The fourth-order valence-electron chi connectivity index (χ4n) is 2.79. The van der Waals surface area contributed by atoms with Crippen LogP contribution in [0.2, 0.25) is 0 Å². The second-order valence-electron chi connectivity index (χ2n) is 5.38. The molecule has 1 atom stereocenters. The Kier molecular flexibility index (Phi) is 4.38. The summed E-state index contributed by atoms with van der Waals surface area (Å²) in [6.07, 6.45) is 5.30. The minimum atomic E-state index is -0.358. The first-order chi connectivity index (χ1) is 10.7. The van der Waals surface area contributed by atoms with Crippen LogP contribution in [-0.2, 0) is 11.2 Å². The van der Waals surface area contributed by atoms with Gasteiger partial charge < -0.3 is 10.3 Å². The predicted molar refractivity (Wildman–Crippen MR) is 89.0 cm³/mol. The van der Waals surface area contributed by atoms with Crippen molar-refractivity contribution < 1.29 is 9.59 Å². The molecule has 0 saturated carbocycles. The standard InChI is InChI=1S/C16H19N3O2S/c1-22-9-7-14-15(20)19(16(21)18-14)8-6-11-10-17-13-5-3-2-4-12(11)13/h2-5,10,14,17H,6-9H2,1H3,(H,18,21). The largest absolute Gasteiger partial charge is 0.361 e. The van der Waals surface area contributed by atoms with E-state index in [1.54, 1.807) is 11.8 Å². The first-order valence-electron chi connectivity index (χ1n) is 7.36. The van der Waals surface area contributed by atoms with Crippen molar-refractivity contribution in [3.8, 4) is 0 Å². The molecule has 3 amide bonds. The van der Waals surface area contributed by atoms with Crippen molar-refractivity contribution in [2.75, 3.05) is 18.6 Å². The smallest absolute Gasteiger partial charge is 0.324 e. The quantitative estimate of drug-likeness (QED) is 0.804. The number of urea groups is 1. The number of hydrogen-bond acceptors (Lipinski definition) is 3. The Morgan fingerprint density at radius 1 is 1.27 bits per heavy atom. The van der Waals surface area contributed by atoms with E-state index in [1.165, 1.54) is 4.90 Å². The number of imide groups is 1. The first kappa shape index (κ1) is 15.0. The van der Waals surface area contributed by atoms with Crippen LogP contribution in [0.3, 0.4) is 0 Å². The van der Waals surface area contributed by atoms with E-state index in [0.717, 1.165) is 22.2 Å². The summed E-state index contributed by atoms with van der Waals surface area (Å²) in [7, 11) is 0. The lowest BCUT2D eigenvalue weighted by Gasteiger charge is -2.12. The number of para-hydroxylation sites is 1. The second kappa shape index (κ2) is 6.44. The molecular formula is C16H19N3O2S. The summed E-state index contributed by atoms with van der Waals surface area (Å²) in [5.74, 6) is 0.770. The number of rotatable bonds is 6. The average molecular weight is 317 g/mol. The molecule has 3 rings (SSSR count). The van der Waals surface area contributed by atoms with Gasteiger partial charge in [0.2, 0.25) is 0 Å².